The first-order chi connectivity index (χ1) is 14.5. The summed E-state index contributed by atoms with van der Waals surface area (Å²) in [6, 6.07) is 15.4. The molecule has 0 unspecified atom stereocenters. The fourth-order valence-electron chi connectivity index (χ4n) is 3.18. The second-order valence-corrected chi connectivity index (χ2v) is 7.57. The van der Waals surface area contributed by atoms with Crippen molar-refractivity contribution in [1.29, 1.82) is 5.26 Å². The van der Waals surface area contributed by atoms with Crippen molar-refractivity contribution in [3.05, 3.63) is 71.2 Å². The minimum Gasteiger partial charge on any atom is -0.431 e. The molecular formula is C22H17FN4O2S. The maximum Gasteiger partial charge on any atom is 0.257 e. The monoisotopic (exact) mass is 420 g/mol. The molecule has 4 rings (SSSR count). The summed E-state index contributed by atoms with van der Waals surface area (Å²) in [6.07, 6.45) is 0. The molecule has 0 saturated carbocycles. The summed E-state index contributed by atoms with van der Waals surface area (Å²) >= 11 is 1.17. The van der Waals surface area contributed by atoms with Crippen molar-refractivity contribution in [1.82, 2.24) is 9.55 Å². The van der Waals surface area contributed by atoms with Gasteiger partial charge in [0, 0.05) is 11.4 Å². The molecule has 0 bridgehead atoms. The molecule has 2 aromatic heterocycles. The number of aromatic nitrogens is 2. The van der Waals surface area contributed by atoms with Crippen LogP contribution in [0.2, 0.25) is 0 Å². The van der Waals surface area contributed by atoms with Crippen LogP contribution in [0.25, 0.3) is 16.8 Å². The van der Waals surface area contributed by atoms with Gasteiger partial charge in [0.05, 0.1) is 11.3 Å². The largest absolute Gasteiger partial charge is 0.431 e. The lowest BCUT2D eigenvalue weighted by Crippen LogP contribution is -2.17. The van der Waals surface area contributed by atoms with E-state index in [1.165, 1.54) is 23.9 Å². The van der Waals surface area contributed by atoms with Crippen LogP contribution in [0.3, 0.4) is 0 Å². The minimum atomic E-state index is -0.360. The number of benzene rings is 2. The zero-order valence-electron chi connectivity index (χ0n) is 16.3. The summed E-state index contributed by atoms with van der Waals surface area (Å²) in [5, 5.41) is 12.8. The van der Waals surface area contributed by atoms with Gasteiger partial charge in [-0.05, 0) is 55.8 Å². The number of hydrogen-bond acceptors (Lipinski definition) is 5. The number of para-hydroxylation sites is 2. The third kappa shape index (κ3) is 3.67. The van der Waals surface area contributed by atoms with E-state index in [2.05, 4.69) is 16.4 Å². The Balaban J connectivity index is 1.58. The Kier molecular flexibility index (Phi) is 5.29. The van der Waals surface area contributed by atoms with Crippen molar-refractivity contribution in [3.63, 3.8) is 0 Å². The first kappa shape index (κ1) is 19.7. The molecule has 30 heavy (non-hydrogen) atoms. The van der Waals surface area contributed by atoms with Crippen LogP contribution in [-0.4, -0.2) is 21.2 Å². The van der Waals surface area contributed by atoms with Gasteiger partial charge in [-0.3, -0.25) is 9.36 Å². The third-order valence-corrected chi connectivity index (χ3v) is 5.60. The molecule has 2 heterocycles. The summed E-state index contributed by atoms with van der Waals surface area (Å²) in [4.78, 5) is 17.0. The number of carbonyl (C=O) groups is 1. The van der Waals surface area contributed by atoms with Crippen molar-refractivity contribution in [3.8, 4) is 11.8 Å². The van der Waals surface area contributed by atoms with E-state index in [0.717, 1.165) is 16.8 Å². The number of hydrogen-bond donors (Lipinski definition) is 1. The van der Waals surface area contributed by atoms with Crippen molar-refractivity contribution < 1.29 is 13.6 Å². The zero-order valence-corrected chi connectivity index (χ0v) is 17.1. The first-order valence-electron chi connectivity index (χ1n) is 9.14. The predicted molar refractivity (Wildman–Crippen MR) is 113 cm³/mol. The number of thioether (sulfide) groups is 1. The molecule has 2 aromatic carbocycles. The van der Waals surface area contributed by atoms with Crippen LogP contribution in [0, 0.1) is 31.0 Å². The second-order valence-electron chi connectivity index (χ2n) is 6.64. The van der Waals surface area contributed by atoms with Crippen LogP contribution in [0.5, 0.6) is 0 Å². The van der Waals surface area contributed by atoms with Gasteiger partial charge in [0.1, 0.15) is 23.2 Å². The SMILES string of the molecule is Cc1c(C#N)c(NC(=O)CSc2nc3ccccc3o2)n(-c2ccc(F)cc2)c1C. The van der Waals surface area contributed by atoms with E-state index in [1.807, 2.05) is 38.1 Å². The number of halogens is 1. The number of carbonyl (C=O) groups excluding carboxylic acids is 1. The summed E-state index contributed by atoms with van der Waals surface area (Å²) in [5.41, 5.74) is 3.95. The number of oxazole rings is 1. The fourth-order valence-corrected chi connectivity index (χ4v) is 3.82. The Hall–Kier alpha value is -3.57. The van der Waals surface area contributed by atoms with Gasteiger partial charge in [-0.15, -0.1) is 0 Å². The Morgan fingerprint density at radius 1 is 1.23 bits per heavy atom. The van der Waals surface area contributed by atoms with Gasteiger partial charge in [0.25, 0.3) is 5.22 Å². The Morgan fingerprint density at radius 3 is 2.67 bits per heavy atom. The lowest BCUT2D eigenvalue weighted by Gasteiger charge is -2.13. The van der Waals surface area contributed by atoms with Gasteiger partial charge < -0.3 is 9.73 Å². The molecule has 0 aliphatic heterocycles. The molecule has 0 saturated heterocycles. The molecule has 4 aromatic rings. The average molecular weight is 420 g/mol. The van der Waals surface area contributed by atoms with E-state index < -0.39 is 0 Å². The highest BCUT2D eigenvalue weighted by Crippen LogP contribution is 2.30. The number of nitriles is 1. The van der Waals surface area contributed by atoms with Gasteiger partial charge in [-0.2, -0.15) is 5.26 Å². The fraction of sp³-hybridized carbons (Fsp3) is 0.136. The van der Waals surface area contributed by atoms with Gasteiger partial charge >= 0.3 is 0 Å². The summed E-state index contributed by atoms with van der Waals surface area (Å²) in [6.45, 7) is 3.67. The molecular weight excluding hydrogens is 403 g/mol. The molecule has 1 N–H and O–H groups in total. The van der Waals surface area contributed by atoms with Crippen molar-refractivity contribution in [2.24, 2.45) is 0 Å². The Labute approximate surface area is 176 Å². The quantitative estimate of drug-likeness (QED) is 0.461. The molecule has 6 nitrogen and oxygen atoms in total. The third-order valence-electron chi connectivity index (χ3n) is 4.77. The molecule has 0 atom stereocenters. The molecule has 0 radical (unpaired) electrons. The molecule has 1 amide bonds. The summed E-state index contributed by atoms with van der Waals surface area (Å²) in [7, 11) is 0. The maximum absolute atomic E-state index is 13.4. The number of fused-ring (bicyclic) bond motifs is 1. The number of nitrogens with zero attached hydrogens (tertiary/aromatic N) is 3. The lowest BCUT2D eigenvalue weighted by molar-refractivity contribution is -0.113. The smallest absolute Gasteiger partial charge is 0.257 e. The van der Waals surface area contributed by atoms with Crippen molar-refractivity contribution in [2.75, 3.05) is 11.1 Å². The van der Waals surface area contributed by atoms with Crippen LogP contribution in [-0.2, 0) is 4.79 Å². The second kappa shape index (κ2) is 8.05. The number of nitrogens with one attached hydrogen (secondary N) is 1. The van der Waals surface area contributed by atoms with E-state index in [9.17, 15) is 14.4 Å². The number of rotatable bonds is 5. The van der Waals surface area contributed by atoms with Gasteiger partial charge in [0.15, 0.2) is 5.58 Å². The lowest BCUT2D eigenvalue weighted by atomic mass is 10.2. The first-order valence-corrected chi connectivity index (χ1v) is 10.1. The van der Waals surface area contributed by atoms with Gasteiger partial charge in [-0.25, -0.2) is 9.37 Å². The molecule has 0 aliphatic carbocycles. The molecule has 0 fully saturated rings. The van der Waals surface area contributed by atoms with E-state index in [0.29, 0.717) is 27.9 Å². The average Bonchev–Trinajstić information content (AvgIpc) is 3.26. The molecule has 8 heteroatoms. The molecule has 0 aliphatic rings. The van der Waals surface area contributed by atoms with Gasteiger partial charge in [-0.1, -0.05) is 23.9 Å². The standard InChI is InChI=1S/C22H17FN4O2S/c1-13-14(2)27(16-9-7-15(23)8-10-16)21(17(13)11-24)26-20(28)12-30-22-25-18-5-3-4-6-19(18)29-22/h3-10H,12H2,1-2H3,(H,26,28). The highest BCUT2D eigenvalue weighted by molar-refractivity contribution is 7.99. The van der Waals surface area contributed by atoms with Crippen LogP contribution < -0.4 is 5.32 Å². The highest BCUT2D eigenvalue weighted by Gasteiger charge is 2.21. The maximum atomic E-state index is 13.4. The van der Waals surface area contributed by atoms with Crippen LogP contribution in [0.1, 0.15) is 16.8 Å². The topological polar surface area (TPSA) is 83.8 Å². The number of anilines is 1. The zero-order chi connectivity index (χ0) is 21.3. The van der Waals surface area contributed by atoms with E-state index in [4.69, 9.17) is 4.42 Å². The van der Waals surface area contributed by atoms with Crippen LogP contribution >= 0.6 is 11.8 Å². The van der Waals surface area contributed by atoms with E-state index in [1.54, 1.807) is 16.7 Å². The molecule has 150 valence electrons. The highest BCUT2D eigenvalue weighted by atomic mass is 32.2. The summed E-state index contributed by atoms with van der Waals surface area (Å²) in [5.74, 6) is -0.243. The van der Waals surface area contributed by atoms with E-state index in [-0.39, 0.29) is 17.5 Å². The van der Waals surface area contributed by atoms with Gasteiger partial charge in [0.2, 0.25) is 5.91 Å². The van der Waals surface area contributed by atoms with Crippen LogP contribution in [0.15, 0.2) is 58.2 Å². The summed E-state index contributed by atoms with van der Waals surface area (Å²) < 4.78 is 20.7. The predicted octanol–water partition coefficient (Wildman–Crippen LogP) is 4.98. The minimum absolute atomic E-state index is 0.0599. The Morgan fingerprint density at radius 2 is 1.97 bits per heavy atom. The van der Waals surface area contributed by atoms with Crippen molar-refractivity contribution >= 4 is 34.6 Å². The Bertz CT molecular complexity index is 1250. The van der Waals surface area contributed by atoms with E-state index >= 15 is 0 Å². The van der Waals surface area contributed by atoms with Crippen molar-refractivity contribution in [2.45, 2.75) is 19.1 Å². The molecule has 0 spiro atoms. The normalized spacial score (nSPS) is 10.9. The van der Waals surface area contributed by atoms with Crippen LogP contribution in [0.4, 0.5) is 10.2 Å². The number of amides is 1.